The Hall–Kier alpha value is -2.24. The molecule has 1 N–H and O–H groups in total. The molecule has 23 heavy (non-hydrogen) atoms. The third kappa shape index (κ3) is 3.41. The minimum absolute atomic E-state index is 0.458. The zero-order valence-electron chi connectivity index (χ0n) is 13.4. The number of nitrogens with one attached hydrogen (secondary N) is 1. The van der Waals surface area contributed by atoms with Crippen LogP contribution in [0.1, 0.15) is 43.0 Å². The van der Waals surface area contributed by atoms with Crippen LogP contribution in [0.5, 0.6) is 0 Å². The monoisotopic (exact) mass is 310 g/mol. The quantitative estimate of drug-likeness (QED) is 0.936. The van der Waals surface area contributed by atoms with E-state index in [1.54, 1.807) is 6.33 Å². The van der Waals surface area contributed by atoms with Crippen molar-refractivity contribution in [2.75, 3.05) is 23.3 Å². The fraction of sp³-hybridized carbons (Fsp3) is 0.529. The molecule has 0 amide bonds. The second kappa shape index (κ2) is 6.10. The van der Waals surface area contributed by atoms with E-state index >= 15 is 0 Å². The molecule has 120 valence electrons. The highest BCUT2D eigenvalue weighted by atomic mass is 15.3. The van der Waals surface area contributed by atoms with Gasteiger partial charge in [0.15, 0.2) is 5.82 Å². The largest absolute Gasteiger partial charge is 0.367 e. The van der Waals surface area contributed by atoms with E-state index in [9.17, 15) is 0 Å². The van der Waals surface area contributed by atoms with Gasteiger partial charge in [-0.25, -0.2) is 9.97 Å². The Morgan fingerprint density at radius 1 is 1.04 bits per heavy atom. The molecule has 4 rings (SSSR count). The average Bonchev–Trinajstić information content (AvgIpc) is 3.41. The Bertz CT molecular complexity index is 659. The van der Waals surface area contributed by atoms with E-state index in [-0.39, 0.29) is 0 Å². The van der Waals surface area contributed by atoms with Gasteiger partial charge < -0.3 is 10.2 Å². The van der Waals surface area contributed by atoms with Crippen molar-refractivity contribution in [3.63, 3.8) is 0 Å². The fourth-order valence-electron chi connectivity index (χ4n) is 3.10. The maximum absolute atomic E-state index is 4.42. The summed E-state index contributed by atoms with van der Waals surface area (Å²) in [6.07, 6.45) is 6.31. The molecule has 1 aliphatic carbocycles. The summed E-state index contributed by atoms with van der Waals surface area (Å²) in [5.41, 5.74) is 2.15. The summed E-state index contributed by atoms with van der Waals surface area (Å²) >= 11 is 0. The minimum Gasteiger partial charge on any atom is -0.367 e. The van der Waals surface area contributed by atoms with Gasteiger partial charge in [0.2, 0.25) is 0 Å². The summed E-state index contributed by atoms with van der Waals surface area (Å²) in [5, 5.41) is 12.3. The highest BCUT2D eigenvalue weighted by molar-refractivity contribution is 5.40. The molecule has 0 spiro atoms. The Morgan fingerprint density at radius 2 is 1.87 bits per heavy atom. The van der Waals surface area contributed by atoms with Crippen LogP contribution in [-0.2, 0) is 0 Å². The number of aryl methyl sites for hydroxylation is 1. The summed E-state index contributed by atoms with van der Waals surface area (Å²) in [4.78, 5) is 10.7. The summed E-state index contributed by atoms with van der Waals surface area (Å²) < 4.78 is 0. The molecule has 6 nitrogen and oxygen atoms in total. The maximum Gasteiger partial charge on any atom is 0.151 e. The lowest BCUT2D eigenvalue weighted by Gasteiger charge is -2.33. The SMILES string of the molecule is Cc1cc(NC2CCN(c3ccc(C4CC4)nn3)CC2)ncn1. The molecule has 0 aromatic carbocycles. The lowest BCUT2D eigenvalue weighted by molar-refractivity contribution is 0.520. The third-order valence-electron chi connectivity index (χ3n) is 4.64. The van der Waals surface area contributed by atoms with Gasteiger partial charge in [0.25, 0.3) is 0 Å². The highest BCUT2D eigenvalue weighted by Crippen LogP contribution is 2.38. The molecule has 0 bridgehead atoms. The van der Waals surface area contributed by atoms with Crippen LogP contribution in [0, 0.1) is 6.92 Å². The molecule has 3 heterocycles. The van der Waals surface area contributed by atoms with Crippen molar-refractivity contribution in [1.29, 1.82) is 0 Å². The minimum atomic E-state index is 0.458. The van der Waals surface area contributed by atoms with E-state index in [1.165, 1.54) is 12.8 Å². The molecule has 2 aromatic heterocycles. The van der Waals surface area contributed by atoms with E-state index in [4.69, 9.17) is 0 Å². The molecule has 6 heteroatoms. The van der Waals surface area contributed by atoms with E-state index in [1.807, 2.05) is 13.0 Å². The predicted molar refractivity (Wildman–Crippen MR) is 89.6 cm³/mol. The zero-order chi connectivity index (χ0) is 15.6. The molecule has 0 atom stereocenters. The third-order valence-corrected chi connectivity index (χ3v) is 4.64. The Kier molecular flexibility index (Phi) is 3.81. The molecule has 1 saturated carbocycles. The van der Waals surface area contributed by atoms with Gasteiger partial charge in [-0.2, -0.15) is 5.10 Å². The molecule has 1 aliphatic heterocycles. The molecule has 1 saturated heterocycles. The topological polar surface area (TPSA) is 66.8 Å². The van der Waals surface area contributed by atoms with E-state index in [0.29, 0.717) is 12.0 Å². The van der Waals surface area contributed by atoms with Crippen LogP contribution in [0.25, 0.3) is 0 Å². The number of piperidine rings is 1. The molecular weight excluding hydrogens is 288 g/mol. The predicted octanol–water partition coefficient (Wildman–Crippen LogP) is 2.53. The number of rotatable bonds is 4. The van der Waals surface area contributed by atoms with Crippen LogP contribution in [0.4, 0.5) is 11.6 Å². The van der Waals surface area contributed by atoms with Crippen molar-refractivity contribution in [2.24, 2.45) is 0 Å². The second-order valence-corrected chi connectivity index (χ2v) is 6.54. The van der Waals surface area contributed by atoms with E-state index in [2.05, 4.69) is 42.5 Å². The Labute approximate surface area is 136 Å². The fourth-order valence-corrected chi connectivity index (χ4v) is 3.10. The smallest absolute Gasteiger partial charge is 0.151 e. The van der Waals surface area contributed by atoms with Crippen molar-refractivity contribution in [3.8, 4) is 0 Å². The molecule has 2 aromatic rings. The first-order valence-electron chi connectivity index (χ1n) is 8.42. The standard InChI is InChI=1S/C17H22N6/c1-12-10-16(19-11-18-12)20-14-6-8-23(9-7-14)17-5-4-15(21-22-17)13-2-3-13/h4-5,10-11,13-14H,2-3,6-9H2,1H3,(H,18,19,20). The van der Waals surface area contributed by atoms with Gasteiger partial charge in [-0.05, 0) is 44.7 Å². The van der Waals surface area contributed by atoms with Crippen LogP contribution in [-0.4, -0.2) is 39.3 Å². The Morgan fingerprint density at radius 3 is 2.52 bits per heavy atom. The zero-order valence-corrected chi connectivity index (χ0v) is 13.4. The van der Waals surface area contributed by atoms with Crippen LogP contribution >= 0.6 is 0 Å². The van der Waals surface area contributed by atoms with Gasteiger partial charge >= 0.3 is 0 Å². The lowest BCUT2D eigenvalue weighted by Crippen LogP contribution is -2.39. The second-order valence-electron chi connectivity index (χ2n) is 6.54. The molecule has 0 radical (unpaired) electrons. The van der Waals surface area contributed by atoms with Gasteiger partial charge in [0.1, 0.15) is 12.1 Å². The van der Waals surface area contributed by atoms with Crippen LogP contribution in [0.2, 0.25) is 0 Å². The summed E-state index contributed by atoms with van der Waals surface area (Å²) in [7, 11) is 0. The van der Waals surface area contributed by atoms with Crippen LogP contribution in [0.15, 0.2) is 24.5 Å². The van der Waals surface area contributed by atoms with Crippen LogP contribution in [0.3, 0.4) is 0 Å². The van der Waals surface area contributed by atoms with Gasteiger partial charge in [-0.1, -0.05) is 0 Å². The van der Waals surface area contributed by atoms with Gasteiger partial charge in [0.05, 0.1) is 5.69 Å². The molecule has 2 fully saturated rings. The Balaban J connectivity index is 1.33. The summed E-state index contributed by atoms with van der Waals surface area (Å²) in [6.45, 7) is 3.98. The number of hydrogen-bond donors (Lipinski definition) is 1. The van der Waals surface area contributed by atoms with Crippen molar-refractivity contribution in [1.82, 2.24) is 20.2 Å². The van der Waals surface area contributed by atoms with Crippen molar-refractivity contribution in [2.45, 2.75) is 44.6 Å². The lowest BCUT2D eigenvalue weighted by atomic mass is 10.1. The number of hydrogen-bond acceptors (Lipinski definition) is 6. The van der Waals surface area contributed by atoms with Crippen molar-refractivity contribution >= 4 is 11.6 Å². The van der Waals surface area contributed by atoms with E-state index in [0.717, 1.165) is 49.0 Å². The first-order valence-corrected chi connectivity index (χ1v) is 8.42. The van der Waals surface area contributed by atoms with Gasteiger partial charge in [0, 0.05) is 36.8 Å². The molecular formula is C17H22N6. The number of anilines is 2. The van der Waals surface area contributed by atoms with Gasteiger partial charge in [-0.15, -0.1) is 5.10 Å². The van der Waals surface area contributed by atoms with Gasteiger partial charge in [-0.3, -0.25) is 0 Å². The number of nitrogens with zero attached hydrogens (tertiary/aromatic N) is 5. The summed E-state index contributed by atoms with van der Waals surface area (Å²) in [5.74, 6) is 2.60. The molecule has 2 aliphatic rings. The maximum atomic E-state index is 4.42. The van der Waals surface area contributed by atoms with Crippen LogP contribution < -0.4 is 10.2 Å². The highest BCUT2D eigenvalue weighted by Gasteiger charge is 2.26. The first kappa shape index (κ1) is 14.4. The first-order chi connectivity index (χ1) is 11.3. The molecule has 0 unspecified atom stereocenters. The number of aromatic nitrogens is 4. The van der Waals surface area contributed by atoms with Crippen molar-refractivity contribution in [3.05, 3.63) is 35.9 Å². The average molecular weight is 310 g/mol. The van der Waals surface area contributed by atoms with Crippen molar-refractivity contribution < 1.29 is 0 Å². The summed E-state index contributed by atoms with van der Waals surface area (Å²) in [6, 6.07) is 6.73. The normalized spacial score (nSPS) is 18.9. The van der Waals surface area contributed by atoms with E-state index < -0.39 is 0 Å².